The molecular weight excluding hydrogens is 252 g/mol. The van der Waals surface area contributed by atoms with Gasteiger partial charge in [-0.15, -0.1) is 0 Å². The number of amides is 1. The van der Waals surface area contributed by atoms with Crippen LogP contribution in [-0.2, 0) is 6.42 Å². The number of nitrogens with one attached hydrogen (secondary N) is 1. The number of hydrogen-bond acceptors (Lipinski definition) is 3. The van der Waals surface area contributed by atoms with Crippen LogP contribution in [0.4, 0.5) is 0 Å². The molecule has 0 bridgehead atoms. The summed E-state index contributed by atoms with van der Waals surface area (Å²) >= 11 is 0. The van der Waals surface area contributed by atoms with Crippen LogP contribution in [0.3, 0.4) is 0 Å². The number of nitrogens with zero attached hydrogens (tertiary/aromatic N) is 1. The van der Waals surface area contributed by atoms with Crippen molar-refractivity contribution in [2.45, 2.75) is 19.4 Å². The van der Waals surface area contributed by atoms with Gasteiger partial charge >= 0.3 is 0 Å². The van der Waals surface area contributed by atoms with Crippen LogP contribution in [0, 0.1) is 6.92 Å². The third-order valence-corrected chi connectivity index (χ3v) is 3.34. The van der Waals surface area contributed by atoms with Gasteiger partial charge in [0.1, 0.15) is 18.1 Å². The summed E-state index contributed by atoms with van der Waals surface area (Å²) < 4.78 is 5.66. The second-order valence-corrected chi connectivity index (χ2v) is 4.96. The van der Waals surface area contributed by atoms with E-state index in [1.807, 2.05) is 43.3 Å². The third-order valence-electron chi connectivity index (χ3n) is 3.34. The lowest BCUT2D eigenvalue weighted by Gasteiger charge is -2.25. The van der Waals surface area contributed by atoms with E-state index >= 15 is 0 Å². The number of carbonyl (C=O) groups excluding carboxylic acids is 1. The minimum Gasteiger partial charge on any atom is -0.491 e. The molecule has 1 aromatic heterocycles. The second kappa shape index (κ2) is 5.33. The van der Waals surface area contributed by atoms with Crippen molar-refractivity contribution in [2.24, 2.45) is 0 Å². The van der Waals surface area contributed by atoms with E-state index in [4.69, 9.17) is 4.74 Å². The summed E-state index contributed by atoms with van der Waals surface area (Å²) in [4.78, 5) is 16.4. The Labute approximate surface area is 117 Å². The van der Waals surface area contributed by atoms with E-state index in [0.717, 1.165) is 23.4 Å². The smallest absolute Gasteiger partial charge is 0.270 e. The Morgan fingerprint density at radius 1 is 1.25 bits per heavy atom. The highest BCUT2D eigenvalue weighted by Gasteiger charge is 2.21. The van der Waals surface area contributed by atoms with Gasteiger partial charge in [-0.3, -0.25) is 4.79 Å². The number of hydrogen-bond donors (Lipinski definition) is 1. The lowest BCUT2D eigenvalue weighted by molar-refractivity contribution is 0.0910. The first kappa shape index (κ1) is 12.7. The van der Waals surface area contributed by atoms with E-state index in [2.05, 4.69) is 10.3 Å². The molecule has 4 nitrogen and oxygen atoms in total. The Bertz CT molecular complexity index is 640. The van der Waals surface area contributed by atoms with E-state index in [-0.39, 0.29) is 11.9 Å². The lowest BCUT2D eigenvalue weighted by Crippen LogP contribution is -2.43. The number of ether oxygens (including phenoxy) is 1. The van der Waals surface area contributed by atoms with Crippen molar-refractivity contribution in [3.8, 4) is 5.75 Å². The van der Waals surface area contributed by atoms with E-state index in [1.54, 1.807) is 6.07 Å². The molecule has 0 aliphatic carbocycles. The largest absolute Gasteiger partial charge is 0.491 e. The zero-order chi connectivity index (χ0) is 13.9. The number of rotatable bonds is 2. The van der Waals surface area contributed by atoms with Crippen molar-refractivity contribution in [3.05, 3.63) is 59.4 Å². The van der Waals surface area contributed by atoms with E-state index in [0.29, 0.717) is 12.3 Å². The normalized spacial score (nSPS) is 16.9. The summed E-state index contributed by atoms with van der Waals surface area (Å²) in [6.07, 6.45) is 0.785. The summed E-state index contributed by atoms with van der Waals surface area (Å²) in [7, 11) is 0. The predicted octanol–water partition coefficient (Wildman–Crippen LogP) is 2.12. The summed E-state index contributed by atoms with van der Waals surface area (Å²) in [6, 6.07) is 13.3. The summed E-state index contributed by atoms with van der Waals surface area (Å²) in [5.41, 5.74) is 2.41. The average Bonchev–Trinajstić information content (AvgIpc) is 2.47. The SMILES string of the molecule is Cc1cccc(C(=O)N[C@H]2COc3ccccc3C2)n1. The van der Waals surface area contributed by atoms with Gasteiger partial charge in [0.05, 0.1) is 6.04 Å². The van der Waals surface area contributed by atoms with Gasteiger partial charge in [0, 0.05) is 5.69 Å². The van der Waals surface area contributed by atoms with Crippen LogP contribution in [0.5, 0.6) is 5.75 Å². The minimum atomic E-state index is -0.151. The molecule has 2 heterocycles. The highest BCUT2D eigenvalue weighted by Crippen LogP contribution is 2.23. The van der Waals surface area contributed by atoms with Crippen LogP contribution in [0.1, 0.15) is 21.7 Å². The first-order chi connectivity index (χ1) is 9.72. The number of carbonyl (C=O) groups is 1. The molecule has 1 aliphatic rings. The Morgan fingerprint density at radius 2 is 2.10 bits per heavy atom. The van der Waals surface area contributed by atoms with Crippen molar-refractivity contribution in [3.63, 3.8) is 0 Å². The Hall–Kier alpha value is -2.36. The fourth-order valence-electron chi connectivity index (χ4n) is 2.35. The number of benzene rings is 1. The second-order valence-electron chi connectivity index (χ2n) is 4.96. The molecule has 2 aromatic rings. The van der Waals surface area contributed by atoms with Crippen molar-refractivity contribution < 1.29 is 9.53 Å². The highest BCUT2D eigenvalue weighted by molar-refractivity contribution is 5.92. The van der Waals surface area contributed by atoms with E-state index in [1.165, 1.54) is 0 Å². The van der Waals surface area contributed by atoms with Crippen LogP contribution in [-0.4, -0.2) is 23.5 Å². The summed E-state index contributed by atoms with van der Waals surface area (Å²) in [5, 5.41) is 2.98. The molecular formula is C16H16N2O2. The zero-order valence-corrected chi connectivity index (χ0v) is 11.3. The molecule has 3 rings (SSSR count). The van der Waals surface area contributed by atoms with Crippen LogP contribution in [0.25, 0.3) is 0 Å². The fourth-order valence-corrected chi connectivity index (χ4v) is 2.35. The van der Waals surface area contributed by atoms with Crippen LogP contribution in [0.2, 0.25) is 0 Å². The molecule has 0 unspecified atom stereocenters. The molecule has 1 aromatic carbocycles. The molecule has 102 valence electrons. The van der Waals surface area contributed by atoms with Gasteiger partial charge in [-0.1, -0.05) is 24.3 Å². The maximum atomic E-state index is 12.1. The molecule has 0 spiro atoms. The number of aryl methyl sites for hydroxylation is 1. The first-order valence-electron chi connectivity index (χ1n) is 6.67. The van der Waals surface area contributed by atoms with E-state index in [9.17, 15) is 4.79 Å². The maximum absolute atomic E-state index is 12.1. The number of aromatic nitrogens is 1. The van der Waals surface area contributed by atoms with Crippen molar-refractivity contribution in [1.29, 1.82) is 0 Å². The number of para-hydroxylation sites is 1. The molecule has 4 heteroatoms. The maximum Gasteiger partial charge on any atom is 0.270 e. The topological polar surface area (TPSA) is 51.2 Å². The monoisotopic (exact) mass is 268 g/mol. The highest BCUT2D eigenvalue weighted by atomic mass is 16.5. The molecule has 1 atom stereocenters. The Morgan fingerprint density at radius 3 is 2.95 bits per heavy atom. The first-order valence-corrected chi connectivity index (χ1v) is 6.67. The molecule has 1 N–H and O–H groups in total. The quantitative estimate of drug-likeness (QED) is 0.907. The predicted molar refractivity (Wildman–Crippen MR) is 75.9 cm³/mol. The zero-order valence-electron chi connectivity index (χ0n) is 11.3. The van der Waals surface area contributed by atoms with Gasteiger partial charge in [-0.25, -0.2) is 4.98 Å². The van der Waals surface area contributed by atoms with Crippen molar-refractivity contribution in [2.75, 3.05) is 6.61 Å². The fraction of sp³-hybridized carbons (Fsp3) is 0.250. The molecule has 0 radical (unpaired) electrons. The number of fused-ring (bicyclic) bond motifs is 1. The third kappa shape index (κ3) is 2.64. The van der Waals surface area contributed by atoms with Gasteiger partial charge in [-0.05, 0) is 37.1 Å². The molecule has 0 fully saturated rings. The standard InChI is InChI=1S/C16H16N2O2/c1-11-5-4-7-14(17-11)16(19)18-13-9-12-6-2-3-8-15(12)20-10-13/h2-8,13H,9-10H2,1H3,(H,18,19)/t13-/m1/s1. The lowest BCUT2D eigenvalue weighted by atomic mass is 10.0. The van der Waals surface area contributed by atoms with Crippen molar-refractivity contribution >= 4 is 5.91 Å². The summed E-state index contributed by atoms with van der Waals surface area (Å²) in [5.74, 6) is 0.758. The van der Waals surface area contributed by atoms with Gasteiger partial charge in [0.2, 0.25) is 0 Å². The van der Waals surface area contributed by atoms with Gasteiger partial charge in [0.15, 0.2) is 0 Å². The summed E-state index contributed by atoms with van der Waals surface area (Å²) in [6.45, 7) is 2.37. The Kier molecular flexibility index (Phi) is 3.37. The van der Waals surface area contributed by atoms with Crippen molar-refractivity contribution in [1.82, 2.24) is 10.3 Å². The van der Waals surface area contributed by atoms with E-state index < -0.39 is 0 Å². The Balaban J connectivity index is 1.69. The average molecular weight is 268 g/mol. The van der Waals surface area contributed by atoms with Crippen LogP contribution >= 0.6 is 0 Å². The molecule has 20 heavy (non-hydrogen) atoms. The van der Waals surface area contributed by atoms with Gasteiger partial charge in [0.25, 0.3) is 5.91 Å². The minimum absolute atomic E-state index is 0.0142. The number of pyridine rings is 1. The van der Waals surface area contributed by atoms with Crippen LogP contribution in [0.15, 0.2) is 42.5 Å². The van der Waals surface area contributed by atoms with Gasteiger partial charge in [-0.2, -0.15) is 0 Å². The van der Waals surface area contributed by atoms with Crippen LogP contribution < -0.4 is 10.1 Å². The van der Waals surface area contributed by atoms with Gasteiger partial charge < -0.3 is 10.1 Å². The molecule has 1 aliphatic heterocycles. The molecule has 1 amide bonds. The molecule has 0 saturated carbocycles. The molecule has 0 saturated heterocycles.